The molecule has 0 aliphatic heterocycles. The minimum atomic E-state index is -0.722. The largest absolute Gasteiger partial charge is 0.423 e. The molecule has 470 valence electrons. The Balaban J connectivity index is 0.887. The fourth-order valence-corrected chi connectivity index (χ4v) is 12.5. The van der Waals surface area contributed by atoms with Crippen LogP contribution in [-0.2, 0) is 43.3 Å². The molecule has 10 aromatic rings. The molecule has 0 saturated heterocycles. The first kappa shape index (κ1) is 65.9. The Morgan fingerprint density at radius 1 is 0.228 bits per heavy atom. The predicted octanol–water partition coefficient (Wildman–Crippen LogP) is 21.1. The van der Waals surface area contributed by atoms with Crippen molar-refractivity contribution in [3.05, 3.63) is 320 Å². The minimum Gasteiger partial charge on any atom is -0.423 e. The van der Waals surface area contributed by atoms with Crippen LogP contribution in [0.4, 0.5) is 0 Å². The molecule has 0 radical (unpaired) electrons. The van der Waals surface area contributed by atoms with Crippen LogP contribution < -0.4 is 9.47 Å². The molecule has 6 heteroatoms. The average Bonchev–Trinajstić information content (AvgIpc) is 0.737. The summed E-state index contributed by atoms with van der Waals surface area (Å²) in [6, 6.07) is 77.1. The van der Waals surface area contributed by atoms with Gasteiger partial charge in [-0.3, -0.25) is 9.97 Å². The van der Waals surface area contributed by atoms with Crippen molar-refractivity contribution in [1.82, 2.24) is 9.97 Å². The summed E-state index contributed by atoms with van der Waals surface area (Å²) in [7, 11) is 0. The van der Waals surface area contributed by atoms with E-state index in [1.165, 1.54) is 45.8 Å². The Kier molecular flexibility index (Phi) is 17.8. The summed E-state index contributed by atoms with van der Waals surface area (Å²) in [6.07, 6.45) is 2.98. The van der Waals surface area contributed by atoms with E-state index < -0.39 is 22.8 Å². The van der Waals surface area contributed by atoms with Gasteiger partial charge in [-0.25, -0.2) is 9.59 Å². The highest BCUT2D eigenvalue weighted by Crippen LogP contribution is 2.49. The van der Waals surface area contributed by atoms with Crippen LogP contribution in [-0.4, -0.2) is 21.9 Å². The summed E-state index contributed by atoms with van der Waals surface area (Å²) < 4.78 is 12.1. The highest BCUT2D eigenvalue weighted by Gasteiger charge is 2.41. The van der Waals surface area contributed by atoms with E-state index in [-0.39, 0.29) is 43.6 Å². The second-order valence-corrected chi connectivity index (χ2v) is 31.2. The Bertz CT molecular complexity index is 3620. The minimum absolute atomic E-state index is 0.0249. The van der Waals surface area contributed by atoms with Crippen molar-refractivity contribution in [2.45, 2.75) is 168 Å². The second kappa shape index (κ2) is 24.9. The van der Waals surface area contributed by atoms with E-state index in [1.807, 2.05) is 24.3 Å². The maximum absolute atomic E-state index is 13.9. The molecule has 2 heterocycles. The van der Waals surface area contributed by atoms with Gasteiger partial charge < -0.3 is 9.47 Å². The lowest BCUT2D eigenvalue weighted by molar-refractivity contribution is 0.0724. The fourth-order valence-electron chi connectivity index (χ4n) is 12.5. The zero-order valence-corrected chi connectivity index (χ0v) is 57.5. The van der Waals surface area contributed by atoms with E-state index >= 15 is 0 Å². The molecule has 6 nitrogen and oxygen atoms in total. The maximum Gasteiger partial charge on any atom is 0.345 e. The van der Waals surface area contributed by atoms with E-state index in [0.717, 1.165) is 44.5 Å². The third kappa shape index (κ3) is 13.6. The van der Waals surface area contributed by atoms with E-state index in [2.05, 4.69) is 304 Å². The van der Waals surface area contributed by atoms with E-state index in [1.54, 1.807) is 24.3 Å². The second-order valence-electron chi connectivity index (χ2n) is 31.2. The number of rotatable bonds is 13. The molecule has 2 aromatic heterocycles. The van der Waals surface area contributed by atoms with Crippen LogP contribution >= 0.6 is 0 Å². The summed E-state index contributed by atoms with van der Waals surface area (Å²) in [5.74, 6) is -0.268. The van der Waals surface area contributed by atoms with Crippen molar-refractivity contribution < 1.29 is 19.1 Å². The van der Waals surface area contributed by atoms with E-state index in [0.29, 0.717) is 22.9 Å². The Morgan fingerprint density at radius 3 is 0.543 bits per heavy atom. The fraction of sp³-hybridized carbons (Fsp3) is 0.302. The topological polar surface area (TPSA) is 78.4 Å². The number of aromatic nitrogens is 2. The smallest absolute Gasteiger partial charge is 0.345 e. The molecule has 92 heavy (non-hydrogen) atoms. The first-order valence-electron chi connectivity index (χ1n) is 32.4. The molecule has 0 aliphatic carbocycles. The van der Waals surface area contributed by atoms with Crippen LogP contribution in [0.1, 0.15) is 223 Å². The van der Waals surface area contributed by atoms with E-state index in [4.69, 9.17) is 9.47 Å². The Morgan fingerprint density at radius 2 is 0.391 bits per heavy atom. The SMILES string of the molecule is CC(C)(C)c1ccc(C(c2ccc(OC(=O)c3ccc(-c4ccc(C(=O)Oc5ccc(C(c6ccc(C(C)(C)C)cc6)(c6ccc(C(C)(C)C)cc6)c6ccc(C(C)(C)C)cc6)cc5)cn4)nc3)cc2)(c2ccc(C(C)(C)C)cc2)c2ccc(C(C)(C)C)cc2)cc1. The summed E-state index contributed by atoms with van der Waals surface area (Å²) in [5.41, 5.74) is 16.4. The molecule has 0 atom stereocenters. The maximum atomic E-state index is 13.9. The molecule has 0 aliphatic rings. The Hall–Kier alpha value is -9.00. The van der Waals surface area contributed by atoms with Crippen LogP contribution in [0.25, 0.3) is 11.4 Å². The number of benzene rings is 8. The van der Waals surface area contributed by atoms with Crippen molar-refractivity contribution in [1.29, 1.82) is 0 Å². The number of esters is 2. The number of hydrogen-bond donors (Lipinski definition) is 0. The summed E-state index contributed by atoms with van der Waals surface area (Å²) in [4.78, 5) is 37.0. The van der Waals surface area contributed by atoms with Crippen molar-refractivity contribution in [3.8, 4) is 22.9 Å². The van der Waals surface area contributed by atoms with Gasteiger partial charge >= 0.3 is 11.9 Å². The van der Waals surface area contributed by atoms with Gasteiger partial charge in [0.15, 0.2) is 0 Å². The molecule has 0 spiro atoms. The predicted molar refractivity (Wildman–Crippen MR) is 379 cm³/mol. The van der Waals surface area contributed by atoms with Crippen molar-refractivity contribution in [2.75, 3.05) is 0 Å². The van der Waals surface area contributed by atoms with Gasteiger partial charge in [0.05, 0.1) is 33.3 Å². The highest BCUT2D eigenvalue weighted by atomic mass is 16.5. The number of ether oxygens (including phenoxy) is 2. The first-order valence-corrected chi connectivity index (χ1v) is 32.4. The number of nitrogens with zero attached hydrogens (tertiary/aromatic N) is 2. The van der Waals surface area contributed by atoms with Crippen LogP contribution in [0.15, 0.2) is 231 Å². The van der Waals surface area contributed by atoms with Crippen molar-refractivity contribution in [3.63, 3.8) is 0 Å². The lowest BCUT2D eigenvalue weighted by Gasteiger charge is -2.38. The quantitative estimate of drug-likeness (QED) is 0.0650. The highest BCUT2D eigenvalue weighted by molar-refractivity contribution is 5.92. The molecule has 0 bridgehead atoms. The van der Waals surface area contributed by atoms with Gasteiger partial charge in [0.25, 0.3) is 0 Å². The summed E-state index contributed by atoms with van der Waals surface area (Å²) in [6.45, 7) is 40.4. The number of carbonyl (C=O) groups excluding carboxylic acids is 2. The number of carbonyl (C=O) groups is 2. The monoisotopic (exact) mass is 1220 g/mol. The number of hydrogen-bond acceptors (Lipinski definition) is 6. The number of pyridine rings is 2. The zero-order chi connectivity index (χ0) is 66.4. The van der Waals surface area contributed by atoms with Crippen molar-refractivity contribution >= 4 is 11.9 Å². The average molecular weight is 1220 g/mol. The Labute approximate surface area is 548 Å². The van der Waals surface area contributed by atoms with Crippen LogP contribution in [0, 0.1) is 0 Å². The normalized spacial score (nSPS) is 12.8. The van der Waals surface area contributed by atoms with Gasteiger partial charge in [0, 0.05) is 12.4 Å². The zero-order valence-electron chi connectivity index (χ0n) is 57.5. The third-order valence-electron chi connectivity index (χ3n) is 18.4. The van der Waals surface area contributed by atoms with Gasteiger partial charge in [-0.1, -0.05) is 294 Å². The van der Waals surface area contributed by atoms with Crippen LogP contribution in [0.3, 0.4) is 0 Å². The first-order chi connectivity index (χ1) is 43.2. The molecule has 0 N–H and O–H groups in total. The van der Waals surface area contributed by atoms with Gasteiger partial charge in [0.1, 0.15) is 11.5 Å². The van der Waals surface area contributed by atoms with Gasteiger partial charge in [0.2, 0.25) is 0 Å². The summed E-state index contributed by atoms with van der Waals surface area (Å²) >= 11 is 0. The molecular weight excluding hydrogens is 1120 g/mol. The third-order valence-corrected chi connectivity index (χ3v) is 18.4. The lowest BCUT2D eigenvalue weighted by atomic mass is 9.64. The van der Waals surface area contributed by atoms with Gasteiger partial charge in [-0.2, -0.15) is 0 Å². The van der Waals surface area contributed by atoms with Crippen LogP contribution in [0.2, 0.25) is 0 Å². The standard InChI is InChI=1S/C86H92N2O4/c1-79(2,3)59-21-33-65(34-22-59)85(66-35-23-60(24-36-66)80(4,5)6,67-37-25-61(26-38-67)81(7,8)9)71-45-49-73(50-46-71)91-77(89)57-19-53-75(87-55-57)76-54-20-58(56-88-76)78(90)92-74-51-47-72(48-52-74)86(68-39-27-62(28-40-68)82(10,11)12,69-41-29-63(30-42-69)83(13,14)15)70-43-31-64(32-44-70)84(16,17)18/h19-56H,1-18H3. The lowest BCUT2D eigenvalue weighted by Crippen LogP contribution is -2.31. The molecule has 0 amide bonds. The van der Waals surface area contributed by atoms with Crippen LogP contribution in [0.5, 0.6) is 11.5 Å². The molecular formula is C86H92N2O4. The van der Waals surface area contributed by atoms with Crippen molar-refractivity contribution in [2.24, 2.45) is 0 Å². The molecule has 0 fully saturated rings. The van der Waals surface area contributed by atoms with Gasteiger partial charge in [-0.15, -0.1) is 0 Å². The molecule has 0 saturated carbocycles. The van der Waals surface area contributed by atoms with E-state index in [9.17, 15) is 9.59 Å². The summed E-state index contributed by atoms with van der Waals surface area (Å²) in [5, 5.41) is 0. The molecule has 0 unspecified atom stereocenters. The molecule has 8 aromatic carbocycles. The van der Waals surface area contributed by atoms with Gasteiger partial charge in [-0.05, 0) is 159 Å². The molecule has 10 rings (SSSR count).